The van der Waals surface area contributed by atoms with E-state index < -0.39 is 30.8 Å². The van der Waals surface area contributed by atoms with E-state index in [9.17, 15) is 0 Å². The van der Waals surface area contributed by atoms with Crippen molar-refractivity contribution in [1.29, 1.82) is 0 Å². The molecule has 2 aromatic rings. The van der Waals surface area contributed by atoms with Gasteiger partial charge in [-0.05, 0) is 0 Å². The molecule has 0 aromatic heterocycles. The molecule has 0 saturated carbocycles. The predicted octanol–water partition coefficient (Wildman–Crippen LogP) is 2.13. The maximum Gasteiger partial charge on any atom is 0.0307 e. The Kier molecular flexibility index (Phi) is 13.2. The van der Waals surface area contributed by atoms with Crippen molar-refractivity contribution in [1.82, 2.24) is 0 Å². The second-order valence-corrected chi connectivity index (χ2v) is 28.2. The Morgan fingerprint density at radius 3 is 1.26 bits per heavy atom. The first-order valence-electron chi connectivity index (χ1n) is 12.4. The number of allylic oxidation sites excluding steroid dienone is 8. The van der Waals surface area contributed by atoms with Gasteiger partial charge in [-0.3, -0.25) is 0 Å². The van der Waals surface area contributed by atoms with Crippen LogP contribution in [0.5, 0.6) is 0 Å². The fourth-order valence-corrected chi connectivity index (χ4v) is 8.14. The number of halogens is 2. The molecular weight excluding hydrogens is 579 g/mol. The molecule has 0 aliphatic heterocycles. The fraction of sp³-hybridized carbons (Fsp3) is 0.333. The van der Waals surface area contributed by atoms with Crippen molar-refractivity contribution in [3.05, 3.63) is 102 Å². The standard InChI is InChI=1S/2C13H13.C4H14Si2.2ClH.Zr/c2*1-10-8-11(2)13(9-10)12-6-4-3-5-7-12;1-5-6(2,3)4;;;/h2*3-7,9-10H,1-2H3;5H2,1-4H3;2*1H;/q;;;;;+2/p-2. The third kappa shape index (κ3) is 8.40. The van der Waals surface area contributed by atoms with Gasteiger partial charge >= 0.3 is 176 Å². The van der Waals surface area contributed by atoms with E-state index >= 15 is 0 Å². The van der Waals surface area contributed by atoms with E-state index in [1.54, 1.807) is 17.7 Å². The molecule has 0 spiro atoms. The van der Waals surface area contributed by atoms with Gasteiger partial charge in [0.05, 0.1) is 0 Å². The summed E-state index contributed by atoms with van der Waals surface area (Å²) in [7, 11) is -0.101. The zero-order chi connectivity index (χ0) is 24.2. The molecule has 0 saturated heterocycles. The molecule has 35 heavy (non-hydrogen) atoms. The van der Waals surface area contributed by atoms with E-state index in [2.05, 4.69) is 127 Å². The number of hydrogen-bond donors (Lipinski definition) is 0. The summed E-state index contributed by atoms with van der Waals surface area (Å²) in [6.07, 6.45) is 4.98. The van der Waals surface area contributed by atoms with Crippen LogP contribution in [0.2, 0.25) is 26.2 Å². The third-order valence-electron chi connectivity index (χ3n) is 6.86. The summed E-state index contributed by atoms with van der Waals surface area (Å²) in [6, 6.07) is 21.8. The average molecular weight is 619 g/mol. The van der Waals surface area contributed by atoms with Crippen LogP contribution in [0.3, 0.4) is 0 Å². The molecule has 0 fully saturated rings. The van der Waals surface area contributed by atoms with Gasteiger partial charge in [-0.2, -0.15) is 0 Å². The fourth-order valence-electron chi connectivity index (χ4n) is 4.31. The molecule has 0 amide bonds. The van der Waals surface area contributed by atoms with Crippen LogP contribution in [0.4, 0.5) is 0 Å². The van der Waals surface area contributed by atoms with Crippen molar-refractivity contribution < 1.29 is 48.0 Å². The topological polar surface area (TPSA) is 0 Å². The Morgan fingerprint density at radius 2 is 0.971 bits per heavy atom. The molecule has 2 aliphatic carbocycles. The summed E-state index contributed by atoms with van der Waals surface area (Å²) in [5.74, 6) is 1.17. The van der Waals surface area contributed by atoms with Crippen LogP contribution >= 0.6 is 0 Å². The first kappa shape index (κ1) is 32.3. The summed E-state index contributed by atoms with van der Waals surface area (Å²) in [5.41, 5.74) is 8.73. The smallest absolute Gasteiger partial charge is 0.0307 e. The zero-order valence-corrected chi connectivity index (χ0v) is 28.9. The molecule has 0 N–H and O–H groups in total. The summed E-state index contributed by atoms with van der Waals surface area (Å²) in [6.45, 7) is 19.2. The molecule has 2 aliphatic rings. The van der Waals surface area contributed by atoms with Gasteiger partial charge in [-0.15, -0.1) is 0 Å². The predicted molar refractivity (Wildman–Crippen MR) is 150 cm³/mol. The normalized spacial score (nSPS) is 19.4. The van der Waals surface area contributed by atoms with Crippen molar-refractivity contribution in [3.63, 3.8) is 0 Å². The minimum absolute atomic E-state index is 0. The Labute approximate surface area is 241 Å². The summed E-state index contributed by atoms with van der Waals surface area (Å²) < 4.78 is 3.50. The van der Waals surface area contributed by atoms with Crippen molar-refractivity contribution in [2.24, 2.45) is 11.8 Å². The summed E-state index contributed by atoms with van der Waals surface area (Å²) in [4.78, 5) is 0. The minimum Gasteiger partial charge on any atom is -1.00 e. The van der Waals surface area contributed by atoms with Crippen LogP contribution in [0.15, 0.2) is 90.5 Å². The third-order valence-corrected chi connectivity index (χ3v) is 20.8. The van der Waals surface area contributed by atoms with E-state index in [0.717, 1.165) is 0 Å². The van der Waals surface area contributed by atoms with Crippen molar-refractivity contribution >= 4 is 27.8 Å². The van der Waals surface area contributed by atoms with Gasteiger partial charge in [-0.25, -0.2) is 0 Å². The average Bonchev–Trinajstić information content (AvgIpc) is 3.25. The van der Waals surface area contributed by atoms with E-state index in [1.807, 2.05) is 0 Å². The van der Waals surface area contributed by atoms with Crippen molar-refractivity contribution in [2.75, 3.05) is 0 Å². The van der Waals surface area contributed by atoms with Gasteiger partial charge < -0.3 is 24.8 Å². The molecule has 0 bridgehead atoms. The molecule has 2 aromatic carbocycles. The van der Waals surface area contributed by atoms with E-state index in [-0.39, 0.29) is 24.8 Å². The van der Waals surface area contributed by atoms with Crippen LogP contribution in [-0.2, 0) is 23.2 Å². The van der Waals surface area contributed by atoms with Gasteiger partial charge in [0, 0.05) is 16.6 Å². The van der Waals surface area contributed by atoms with Crippen LogP contribution in [0, 0.1) is 11.8 Å². The van der Waals surface area contributed by atoms with Gasteiger partial charge in [0.15, 0.2) is 0 Å². The van der Waals surface area contributed by atoms with Gasteiger partial charge in [0.1, 0.15) is 0 Å². The monoisotopic (exact) mass is 616 g/mol. The minimum atomic E-state index is -0.786. The SMILES string of the molecule is CC1=[C]([Zr+2][C]2=C(C)C(c3ccccc3)=CC2C)C(C)C=C1c1ccccc1.C[SiH2][Si](C)(C)C.[Cl-].[Cl-]. The Balaban J connectivity index is 0.000000686. The maximum atomic E-state index is 2.49. The molecule has 0 heterocycles. The largest absolute Gasteiger partial charge is 1.00 e. The molecule has 2 atom stereocenters. The molecule has 0 nitrogen and oxygen atoms in total. The zero-order valence-electron chi connectivity index (χ0n) is 22.5. The number of benzene rings is 2. The van der Waals surface area contributed by atoms with Crippen molar-refractivity contribution in [2.45, 2.75) is 53.9 Å². The molecular formula is C30H40Cl2Si2Zr. The number of rotatable bonds is 5. The van der Waals surface area contributed by atoms with Gasteiger partial charge in [-0.1, -0.05) is 26.2 Å². The Morgan fingerprint density at radius 1 is 0.657 bits per heavy atom. The van der Waals surface area contributed by atoms with Gasteiger partial charge in [0.25, 0.3) is 0 Å². The summed E-state index contributed by atoms with van der Waals surface area (Å²) >= 11 is -0.786. The molecule has 186 valence electrons. The second kappa shape index (κ2) is 14.3. The quantitative estimate of drug-likeness (QED) is 0.451. The van der Waals surface area contributed by atoms with Crippen LogP contribution in [0.1, 0.15) is 38.8 Å². The Hall–Kier alpha value is -0.703. The molecule has 2 unspecified atom stereocenters. The molecule has 5 heteroatoms. The first-order chi connectivity index (χ1) is 15.6. The summed E-state index contributed by atoms with van der Waals surface area (Å²) in [5, 5.41) is 0. The van der Waals surface area contributed by atoms with E-state index in [4.69, 9.17) is 0 Å². The van der Waals surface area contributed by atoms with E-state index in [0.29, 0.717) is 20.9 Å². The van der Waals surface area contributed by atoms with Crippen LogP contribution in [0.25, 0.3) is 11.1 Å². The molecule has 4 rings (SSSR count). The Bertz CT molecular complexity index is 1010. The molecule has 0 radical (unpaired) electrons. The first-order valence-corrected chi connectivity index (χ1v) is 22.1. The van der Waals surface area contributed by atoms with E-state index in [1.165, 1.54) is 22.3 Å². The van der Waals surface area contributed by atoms with Gasteiger partial charge in [0.2, 0.25) is 0 Å². The maximum absolute atomic E-state index is 2.49. The number of hydrogen-bond acceptors (Lipinski definition) is 0. The van der Waals surface area contributed by atoms with Crippen molar-refractivity contribution in [3.8, 4) is 0 Å². The second-order valence-electron chi connectivity index (χ2n) is 10.6. The van der Waals surface area contributed by atoms with Crippen LogP contribution in [-0.4, -0.2) is 16.6 Å². The van der Waals surface area contributed by atoms with Crippen LogP contribution < -0.4 is 24.8 Å².